The fourth-order valence-electron chi connectivity index (χ4n) is 2.99. The van der Waals surface area contributed by atoms with E-state index in [0.717, 1.165) is 12.1 Å². The Morgan fingerprint density at radius 2 is 2.04 bits per heavy atom. The molecule has 1 aliphatic carbocycles. The number of carbonyl (C=O) groups is 1. The lowest BCUT2D eigenvalue weighted by Gasteiger charge is -2.16. The van der Waals surface area contributed by atoms with E-state index in [1.165, 1.54) is 37.1 Å². The number of ether oxygens (including phenoxy) is 1. The minimum Gasteiger partial charge on any atom is -0.484 e. The first kappa shape index (κ1) is 15.1. The van der Waals surface area contributed by atoms with Crippen LogP contribution >= 0.6 is 0 Å². The van der Waals surface area contributed by atoms with Crippen LogP contribution in [-0.2, 0) is 4.79 Å². The molecule has 2 heterocycles. The van der Waals surface area contributed by atoms with Gasteiger partial charge in [-0.3, -0.25) is 4.79 Å². The number of likely N-dealkylation sites (tertiary alicyclic amines) is 1. The van der Waals surface area contributed by atoms with Crippen LogP contribution in [0, 0.1) is 5.82 Å². The Bertz CT molecular complexity index is 726. The van der Waals surface area contributed by atoms with E-state index in [4.69, 9.17) is 4.74 Å². The number of nitrogens with zero attached hydrogens (tertiary/aromatic N) is 4. The monoisotopic (exact) mass is 330 g/mol. The molecule has 1 aromatic heterocycles. The first-order valence-corrected chi connectivity index (χ1v) is 8.27. The molecule has 1 amide bonds. The van der Waals surface area contributed by atoms with Crippen LogP contribution in [0.25, 0.3) is 0 Å². The fraction of sp³-hybridized carbons (Fsp3) is 0.471. The molecule has 7 heteroatoms. The molecule has 1 unspecified atom stereocenters. The Kier molecular flexibility index (Phi) is 3.92. The van der Waals surface area contributed by atoms with Gasteiger partial charge in [0.25, 0.3) is 5.91 Å². The second-order valence-electron chi connectivity index (χ2n) is 6.42. The van der Waals surface area contributed by atoms with Gasteiger partial charge in [-0.2, -0.15) is 0 Å². The number of halogens is 1. The highest BCUT2D eigenvalue weighted by Gasteiger charge is 2.31. The van der Waals surface area contributed by atoms with Gasteiger partial charge < -0.3 is 9.64 Å². The Labute approximate surface area is 139 Å². The fourth-order valence-corrected chi connectivity index (χ4v) is 2.99. The lowest BCUT2D eigenvalue weighted by molar-refractivity contribution is -0.132. The maximum atomic E-state index is 12.8. The van der Waals surface area contributed by atoms with Crippen molar-refractivity contribution in [1.82, 2.24) is 19.9 Å². The van der Waals surface area contributed by atoms with Gasteiger partial charge in [0, 0.05) is 25.2 Å². The van der Waals surface area contributed by atoms with Crippen molar-refractivity contribution in [2.75, 3.05) is 19.7 Å². The standard InChI is InChI=1S/C17H19FN4O2/c18-13-3-5-15(6-4-13)24-11-17(23)21-8-7-14(9-21)22-10-16(19-20-22)12-1-2-12/h3-6,10,12,14H,1-2,7-9,11H2. The van der Waals surface area contributed by atoms with Crippen LogP contribution in [0.1, 0.15) is 36.9 Å². The third-order valence-electron chi connectivity index (χ3n) is 4.59. The maximum absolute atomic E-state index is 12.8. The van der Waals surface area contributed by atoms with Crippen LogP contribution in [0.3, 0.4) is 0 Å². The van der Waals surface area contributed by atoms with Crippen molar-refractivity contribution in [3.8, 4) is 5.75 Å². The molecule has 2 aliphatic rings. The Balaban J connectivity index is 1.30. The van der Waals surface area contributed by atoms with Gasteiger partial charge in [-0.15, -0.1) is 5.10 Å². The van der Waals surface area contributed by atoms with Crippen molar-refractivity contribution in [3.05, 3.63) is 42.0 Å². The zero-order valence-electron chi connectivity index (χ0n) is 13.3. The van der Waals surface area contributed by atoms with Gasteiger partial charge in [-0.05, 0) is 43.5 Å². The predicted molar refractivity (Wildman–Crippen MR) is 84.1 cm³/mol. The summed E-state index contributed by atoms with van der Waals surface area (Å²) in [5.41, 5.74) is 1.07. The highest BCUT2D eigenvalue weighted by Crippen LogP contribution is 2.39. The SMILES string of the molecule is O=C(COc1ccc(F)cc1)N1CCC(n2cc(C3CC3)nn2)C1. The van der Waals surface area contributed by atoms with Crippen LogP contribution in [0.15, 0.2) is 30.5 Å². The van der Waals surface area contributed by atoms with E-state index in [1.54, 1.807) is 4.90 Å². The van der Waals surface area contributed by atoms with E-state index in [-0.39, 0.29) is 24.4 Å². The van der Waals surface area contributed by atoms with Gasteiger partial charge in [-0.1, -0.05) is 5.21 Å². The summed E-state index contributed by atoms with van der Waals surface area (Å²) in [7, 11) is 0. The van der Waals surface area contributed by atoms with Crippen LogP contribution in [0.4, 0.5) is 4.39 Å². The van der Waals surface area contributed by atoms with Crippen molar-refractivity contribution in [3.63, 3.8) is 0 Å². The highest BCUT2D eigenvalue weighted by molar-refractivity contribution is 5.78. The van der Waals surface area contributed by atoms with E-state index >= 15 is 0 Å². The molecule has 126 valence electrons. The van der Waals surface area contributed by atoms with Gasteiger partial charge in [0.15, 0.2) is 6.61 Å². The molecule has 4 rings (SSSR count). The highest BCUT2D eigenvalue weighted by atomic mass is 19.1. The number of rotatable bonds is 5. The van der Waals surface area contributed by atoms with Gasteiger partial charge in [0.05, 0.1) is 11.7 Å². The lowest BCUT2D eigenvalue weighted by Crippen LogP contribution is -2.33. The number of hydrogen-bond acceptors (Lipinski definition) is 4. The number of hydrogen-bond donors (Lipinski definition) is 0. The van der Waals surface area contributed by atoms with E-state index in [1.807, 2.05) is 10.9 Å². The van der Waals surface area contributed by atoms with Crippen molar-refractivity contribution in [2.24, 2.45) is 0 Å². The quantitative estimate of drug-likeness (QED) is 0.843. The third kappa shape index (κ3) is 3.25. The summed E-state index contributed by atoms with van der Waals surface area (Å²) in [5.74, 6) is 0.687. The molecule has 24 heavy (non-hydrogen) atoms. The largest absolute Gasteiger partial charge is 0.484 e. The molecule has 1 aromatic carbocycles. The number of carbonyl (C=O) groups excluding carboxylic acids is 1. The zero-order chi connectivity index (χ0) is 16.5. The summed E-state index contributed by atoms with van der Waals surface area (Å²) >= 11 is 0. The molecule has 2 aromatic rings. The normalized spacial score (nSPS) is 20.4. The zero-order valence-corrected chi connectivity index (χ0v) is 13.3. The first-order chi connectivity index (χ1) is 11.7. The van der Waals surface area contributed by atoms with Crippen molar-refractivity contribution in [2.45, 2.75) is 31.2 Å². The van der Waals surface area contributed by atoms with Crippen molar-refractivity contribution < 1.29 is 13.9 Å². The molecule has 0 spiro atoms. The van der Waals surface area contributed by atoms with Gasteiger partial charge >= 0.3 is 0 Å². The van der Waals surface area contributed by atoms with Gasteiger partial charge in [0.1, 0.15) is 11.6 Å². The molecule has 0 radical (unpaired) electrons. The average molecular weight is 330 g/mol. The van der Waals surface area contributed by atoms with E-state index in [9.17, 15) is 9.18 Å². The molecule has 1 atom stereocenters. The minimum absolute atomic E-state index is 0.0387. The summed E-state index contributed by atoms with van der Waals surface area (Å²) in [5, 5.41) is 8.45. The number of amides is 1. The van der Waals surface area contributed by atoms with Crippen molar-refractivity contribution >= 4 is 5.91 Å². The van der Waals surface area contributed by atoms with E-state index < -0.39 is 0 Å². The van der Waals surface area contributed by atoms with Crippen LogP contribution in [0.5, 0.6) is 5.75 Å². The summed E-state index contributed by atoms with van der Waals surface area (Å²) in [6.45, 7) is 1.27. The van der Waals surface area contributed by atoms with E-state index in [2.05, 4.69) is 10.3 Å². The smallest absolute Gasteiger partial charge is 0.260 e. The summed E-state index contributed by atoms with van der Waals surface area (Å²) < 4.78 is 20.2. The molecule has 0 bridgehead atoms. The summed E-state index contributed by atoms with van der Waals surface area (Å²) in [6, 6.07) is 5.84. The number of benzene rings is 1. The topological polar surface area (TPSA) is 60.2 Å². The summed E-state index contributed by atoms with van der Waals surface area (Å²) in [6.07, 6.45) is 5.30. The van der Waals surface area contributed by atoms with Gasteiger partial charge in [0.2, 0.25) is 0 Å². The molecule has 1 saturated heterocycles. The molecular formula is C17H19FN4O2. The van der Waals surface area contributed by atoms with Crippen molar-refractivity contribution in [1.29, 1.82) is 0 Å². The minimum atomic E-state index is -0.325. The average Bonchev–Trinajstić information content (AvgIpc) is 3.12. The predicted octanol–water partition coefficient (Wildman–Crippen LogP) is 2.15. The van der Waals surface area contributed by atoms with Crippen LogP contribution < -0.4 is 4.74 Å². The van der Waals surface area contributed by atoms with Gasteiger partial charge in [-0.25, -0.2) is 9.07 Å². The molecule has 6 nitrogen and oxygen atoms in total. The molecule has 0 N–H and O–H groups in total. The van der Waals surface area contributed by atoms with E-state index in [0.29, 0.717) is 24.8 Å². The van der Waals surface area contributed by atoms with Crippen LogP contribution in [0.2, 0.25) is 0 Å². The third-order valence-corrected chi connectivity index (χ3v) is 4.59. The number of aromatic nitrogens is 3. The second kappa shape index (κ2) is 6.22. The first-order valence-electron chi connectivity index (χ1n) is 8.27. The molecule has 2 fully saturated rings. The second-order valence-corrected chi connectivity index (χ2v) is 6.42. The molecular weight excluding hydrogens is 311 g/mol. The Morgan fingerprint density at radius 1 is 1.25 bits per heavy atom. The Morgan fingerprint density at radius 3 is 2.79 bits per heavy atom. The lowest BCUT2D eigenvalue weighted by atomic mass is 10.2. The molecule has 1 saturated carbocycles. The van der Waals surface area contributed by atoms with Crippen LogP contribution in [-0.4, -0.2) is 45.5 Å². The Hall–Kier alpha value is -2.44. The summed E-state index contributed by atoms with van der Waals surface area (Å²) in [4.78, 5) is 14.1. The maximum Gasteiger partial charge on any atom is 0.260 e. The molecule has 1 aliphatic heterocycles.